The maximum atomic E-state index is 9.77. The SMILES string of the molecule is Cc1cc(C(O)C(O)CCS)cnc1Cl. The zero-order valence-electron chi connectivity index (χ0n) is 8.39. The third kappa shape index (κ3) is 3.34. The molecule has 1 aromatic heterocycles. The predicted molar refractivity (Wildman–Crippen MR) is 63.4 cm³/mol. The van der Waals surface area contributed by atoms with E-state index in [0.29, 0.717) is 22.9 Å². The van der Waals surface area contributed by atoms with E-state index in [1.807, 2.05) is 0 Å². The van der Waals surface area contributed by atoms with E-state index in [2.05, 4.69) is 17.6 Å². The maximum Gasteiger partial charge on any atom is 0.131 e. The van der Waals surface area contributed by atoms with Gasteiger partial charge < -0.3 is 10.2 Å². The minimum atomic E-state index is -0.930. The van der Waals surface area contributed by atoms with Crippen LogP contribution in [0.15, 0.2) is 12.3 Å². The van der Waals surface area contributed by atoms with Gasteiger partial charge in [0.2, 0.25) is 0 Å². The van der Waals surface area contributed by atoms with Crippen LogP contribution >= 0.6 is 24.2 Å². The number of rotatable bonds is 4. The molecule has 0 saturated carbocycles. The van der Waals surface area contributed by atoms with Crippen molar-refractivity contribution >= 4 is 24.2 Å². The van der Waals surface area contributed by atoms with Gasteiger partial charge in [-0.15, -0.1) is 0 Å². The number of aliphatic hydroxyl groups is 2. The largest absolute Gasteiger partial charge is 0.390 e. The monoisotopic (exact) mass is 247 g/mol. The first-order chi connectivity index (χ1) is 7.06. The minimum Gasteiger partial charge on any atom is -0.390 e. The van der Waals surface area contributed by atoms with E-state index >= 15 is 0 Å². The topological polar surface area (TPSA) is 53.4 Å². The second-order valence-corrected chi connectivity index (χ2v) is 4.21. The summed E-state index contributed by atoms with van der Waals surface area (Å²) in [6.45, 7) is 1.80. The normalized spacial score (nSPS) is 15.0. The Morgan fingerprint density at radius 1 is 1.53 bits per heavy atom. The Morgan fingerprint density at radius 3 is 2.73 bits per heavy atom. The van der Waals surface area contributed by atoms with E-state index in [4.69, 9.17) is 11.6 Å². The van der Waals surface area contributed by atoms with Gasteiger partial charge in [-0.25, -0.2) is 4.98 Å². The summed E-state index contributed by atoms with van der Waals surface area (Å²) in [4.78, 5) is 3.92. The van der Waals surface area contributed by atoms with Gasteiger partial charge in [0.25, 0.3) is 0 Å². The smallest absolute Gasteiger partial charge is 0.131 e. The molecule has 1 heterocycles. The van der Waals surface area contributed by atoms with E-state index in [-0.39, 0.29) is 0 Å². The average molecular weight is 248 g/mol. The van der Waals surface area contributed by atoms with Gasteiger partial charge in [-0.1, -0.05) is 11.6 Å². The summed E-state index contributed by atoms with van der Waals surface area (Å²) in [6.07, 6.45) is 0.165. The molecule has 0 radical (unpaired) electrons. The fraction of sp³-hybridized carbons (Fsp3) is 0.500. The van der Waals surface area contributed by atoms with Crippen LogP contribution in [0.4, 0.5) is 0 Å². The molecule has 5 heteroatoms. The fourth-order valence-electron chi connectivity index (χ4n) is 1.25. The lowest BCUT2D eigenvalue weighted by Gasteiger charge is -2.17. The van der Waals surface area contributed by atoms with Crippen LogP contribution in [0.25, 0.3) is 0 Å². The van der Waals surface area contributed by atoms with Crippen molar-refractivity contribution < 1.29 is 10.2 Å². The first kappa shape index (κ1) is 12.8. The second kappa shape index (κ2) is 5.70. The van der Waals surface area contributed by atoms with E-state index in [0.717, 1.165) is 5.56 Å². The van der Waals surface area contributed by atoms with Crippen LogP contribution < -0.4 is 0 Å². The van der Waals surface area contributed by atoms with Gasteiger partial charge >= 0.3 is 0 Å². The number of aliphatic hydroxyl groups excluding tert-OH is 2. The molecule has 15 heavy (non-hydrogen) atoms. The lowest BCUT2D eigenvalue weighted by atomic mass is 10.0. The predicted octanol–water partition coefficient (Wildman–Crippen LogP) is 1.76. The second-order valence-electron chi connectivity index (χ2n) is 3.40. The molecule has 2 unspecified atom stereocenters. The molecule has 0 fully saturated rings. The maximum absolute atomic E-state index is 9.77. The summed E-state index contributed by atoms with van der Waals surface area (Å²) in [5.74, 6) is 0.526. The van der Waals surface area contributed by atoms with E-state index in [1.165, 1.54) is 6.20 Å². The number of halogens is 1. The molecular formula is C10H14ClNO2S. The summed E-state index contributed by atoms with van der Waals surface area (Å²) in [6, 6.07) is 1.72. The number of aromatic nitrogens is 1. The van der Waals surface area contributed by atoms with Crippen molar-refractivity contribution in [3.8, 4) is 0 Å². The third-order valence-electron chi connectivity index (χ3n) is 2.17. The highest BCUT2D eigenvalue weighted by Crippen LogP contribution is 2.22. The van der Waals surface area contributed by atoms with Crippen LogP contribution in [-0.4, -0.2) is 27.1 Å². The number of hydrogen-bond donors (Lipinski definition) is 3. The van der Waals surface area contributed by atoms with Crippen LogP contribution in [0, 0.1) is 6.92 Å². The molecule has 3 nitrogen and oxygen atoms in total. The van der Waals surface area contributed by atoms with Gasteiger partial charge in [0, 0.05) is 11.8 Å². The van der Waals surface area contributed by atoms with Crippen molar-refractivity contribution in [2.45, 2.75) is 25.6 Å². The van der Waals surface area contributed by atoms with Gasteiger partial charge in [-0.05, 0) is 30.7 Å². The van der Waals surface area contributed by atoms with E-state index < -0.39 is 12.2 Å². The molecule has 1 aromatic rings. The molecule has 0 aliphatic carbocycles. The molecule has 0 aliphatic heterocycles. The average Bonchev–Trinajstić information content (AvgIpc) is 2.21. The molecule has 0 amide bonds. The van der Waals surface area contributed by atoms with Crippen LogP contribution in [0.5, 0.6) is 0 Å². The Balaban J connectivity index is 2.81. The van der Waals surface area contributed by atoms with Crippen LogP contribution in [0.2, 0.25) is 5.15 Å². The highest BCUT2D eigenvalue weighted by molar-refractivity contribution is 7.80. The highest BCUT2D eigenvalue weighted by atomic mass is 35.5. The molecule has 84 valence electrons. The van der Waals surface area contributed by atoms with Crippen molar-refractivity contribution in [2.75, 3.05) is 5.75 Å². The molecule has 1 rings (SSSR count). The molecule has 2 N–H and O–H groups in total. The summed E-state index contributed by atoms with van der Waals surface area (Å²) < 4.78 is 0. The Morgan fingerprint density at radius 2 is 2.20 bits per heavy atom. The molecule has 0 spiro atoms. The lowest BCUT2D eigenvalue weighted by molar-refractivity contribution is 0.0170. The number of nitrogens with zero attached hydrogens (tertiary/aromatic N) is 1. The lowest BCUT2D eigenvalue weighted by Crippen LogP contribution is -2.19. The number of thiol groups is 1. The summed E-state index contributed by atoms with van der Waals surface area (Å²) >= 11 is 9.75. The van der Waals surface area contributed by atoms with Crippen LogP contribution in [0.1, 0.15) is 23.7 Å². The van der Waals surface area contributed by atoms with Gasteiger partial charge in [-0.3, -0.25) is 0 Å². The summed E-state index contributed by atoms with van der Waals surface area (Å²) in [5.41, 5.74) is 1.36. The van der Waals surface area contributed by atoms with Crippen molar-refractivity contribution in [1.82, 2.24) is 4.98 Å². The Labute approximate surface area is 99.5 Å². The van der Waals surface area contributed by atoms with Crippen molar-refractivity contribution in [3.05, 3.63) is 28.5 Å². The van der Waals surface area contributed by atoms with Crippen LogP contribution in [0.3, 0.4) is 0 Å². The highest BCUT2D eigenvalue weighted by Gasteiger charge is 2.18. The quantitative estimate of drug-likeness (QED) is 0.561. The number of aryl methyl sites for hydroxylation is 1. The fourth-order valence-corrected chi connectivity index (χ4v) is 1.62. The van der Waals surface area contributed by atoms with E-state index in [1.54, 1.807) is 13.0 Å². The van der Waals surface area contributed by atoms with Crippen molar-refractivity contribution in [2.24, 2.45) is 0 Å². The van der Waals surface area contributed by atoms with Gasteiger partial charge in [-0.2, -0.15) is 12.6 Å². The third-order valence-corrected chi connectivity index (χ3v) is 2.82. The van der Waals surface area contributed by atoms with Gasteiger partial charge in [0.05, 0.1) is 6.10 Å². The molecule has 0 aliphatic rings. The van der Waals surface area contributed by atoms with Gasteiger partial charge in [0.1, 0.15) is 11.3 Å². The minimum absolute atomic E-state index is 0.412. The first-order valence-electron chi connectivity index (χ1n) is 4.65. The van der Waals surface area contributed by atoms with Crippen LogP contribution in [-0.2, 0) is 0 Å². The zero-order valence-corrected chi connectivity index (χ0v) is 10.0. The first-order valence-corrected chi connectivity index (χ1v) is 5.66. The zero-order chi connectivity index (χ0) is 11.4. The van der Waals surface area contributed by atoms with E-state index in [9.17, 15) is 10.2 Å². The molecule has 0 saturated heterocycles. The Bertz CT molecular complexity index is 335. The Kier molecular flexibility index (Phi) is 4.86. The molecule has 2 atom stereocenters. The van der Waals surface area contributed by atoms with Crippen molar-refractivity contribution in [3.63, 3.8) is 0 Å². The van der Waals surface area contributed by atoms with Crippen molar-refractivity contribution in [1.29, 1.82) is 0 Å². The summed E-state index contributed by atoms with van der Waals surface area (Å²) in [5, 5.41) is 19.8. The number of pyridine rings is 1. The number of hydrogen-bond acceptors (Lipinski definition) is 4. The summed E-state index contributed by atoms with van der Waals surface area (Å²) in [7, 11) is 0. The molecular weight excluding hydrogens is 234 g/mol. The van der Waals surface area contributed by atoms with Gasteiger partial charge in [0.15, 0.2) is 0 Å². The molecule has 0 aromatic carbocycles. The standard InChI is InChI=1S/C10H14ClNO2S/c1-6-4-7(5-12-10(6)11)9(14)8(13)2-3-15/h4-5,8-9,13-15H,2-3H2,1H3. The Hall–Kier alpha value is -0.290. The molecule has 0 bridgehead atoms.